The Morgan fingerprint density at radius 2 is 1.87 bits per heavy atom. The van der Waals surface area contributed by atoms with Gasteiger partial charge in [0.25, 0.3) is 0 Å². The summed E-state index contributed by atoms with van der Waals surface area (Å²) in [6.07, 6.45) is -0.0999. The van der Waals surface area contributed by atoms with Gasteiger partial charge in [0, 0.05) is 19.0 Å². The first-order chi connectivity index (χ1) is 6.87. The molecule has 1 rings (SSSR count). The molecule has 0 aliphatic carbocycles. The molecule has 0 N–H and O–H groups in total. The van der Waals surface area contributed by atoms with Gasteiger partial charge in [0.2, 0.25) is 10.0 Å². The van der Waals surface area contributed by atoms with Crippen LogP contribution in [0.1, 0.15) is 20.8 Å². The Morgan fingerprint density at radius 1 is 1.40 bits per heavy atom. The van der Waals surface area contributed by atoms with E-state index in [1.54, 1.807) is 6.92 Å². The Balaban J connectivity index is 2.79. The van der Waals surface area contributed by atoms with Crippen molar-refractivity contribution in [2.75, 3.05) is 19.0 Å². The number of halogens is 1. The highest BCUT2D eigenvalue weighted by molar-refractivity contribution is 7.89. The van der Waals surface area contributed by atoms with Crippen LogP contribution in [0.15, 0.2) is 0 Å². The molecule has 90 valence electrons. The van der Waals surface area contributed by atoms with E-state index >= 15 is 0 Å². The van der Waals surface area contributed by atoms with E-state index in [-0.39, 0.29) is 18.1 Å². The molecule has 0 spiro atoms. The summed E-state index contributed by atoms with van der Waals surface area (Å²) in [4.78, 5) is 0. The van der Waals surface area contributed by atoms with Gasteiger partial charge in [0.05, 0.1) is 17.5 Å². The number of nitrogens with zero attached hydrogens (tertiary/aromatic N) is 1. The van der Waals surface area contributed by atoms with Crippen LogP contribution in [0, 0.1) is 0 Å². The monoisotopic (exact) mass is 255 g/mol. The summed E-state index contributed by atoms with van der Waals surface area (Å²) in [6, 6.07) is 0. The van der Waals surface area contributed by atoms with E-state index in [2.05, 4.69) is 0 Å². The second kappa shape index (κ2) is 4.99. The molecule has 0 radical (unpaired) electrons. The number of hydrogen-bond donors (Lipinski definition) is 0. The van der Waals surface area contributed by atoms with E-state index in [0.717, 1.165) is 0 Å². The lowest BCUT2D eigenvalue weighted by Crippen LogP contribution is -2.50. The maximum Gasteiger partial charge on any atom is 0.218 e. The van der Waals surface area contributed by atoms with E-state index in [1.165, 1.54) is 4.31 Å². The van der Waals surface area contributed by atoms with Crippen molar-refractivity contribution in [1.82, 2.24) is 4.31 Å². The molecule has 1 aliphatic rings. The zero-order chi connectivity index (χ0) is 11.6. The Morgan fingerprint density at radius 3 is 2.27 bits per heavy atom. The van der Waals surface area contributed by atoms with Crippen molar-refractivity contribution >= 4 is 21.6 Å². The van der Waals surface area contributed by atoms with E-state index in [1.807, 2.05) is 13.8 Å². The highest BCUT2D eigenvalue weighted by Gasteiger charge is 2.34. The van der Waals surface area contributed by atoms with Crippen LogP contribution in [-0.2, 0) is 14.8 Å². The van der Waals surface area contributed by atoms with Crippen molar-refractivity contribution in [2.45, 2.75) is 38.2 Å². The molecule has 15 heavy (non-hydrogen) atoms. The molecule has 1 unspecified atom stereocenters. The van der Waals surface area contributed by atoms with Crippen LogP contribution in [0.2, 0.25) is 0 Å². The third-order valence-electron chi connectivity index (χ3n) is 2.47. The zero-order valence-corrected chi connectivity index (χ0v) is 10.9. The van der Waals surface area contributed by atoms with Gasteiger partial charge in [-0.1, -0.05) is 0 Å². The number of rotatable bonds is 3. The lowest BCUT2D eigenvalue weighted by molar-refractivity contribution is -0.0442. The van der Waals surface area contributed by atoms with Crippen LogP contribution in [0.4, 0.5) is 0 Å². The molecule has 4 nitrogen and oxygen atoms in total. The predicted molar refractivity (Wildman–Crippen MR) is 60.7 cm³/mol. The molecule has 0 aromatic carbocycles. The minimum absolute atomic E-state index is 0.0500. The van der Waals surface area contributed by atoms with Gasteiger partial charge in [-0.15, -0.1) is 11.6 Å². The molecule has 1 aliphatic heterocycles. The average Bonchev–Trinajstić information content (AvgIpc) is 2.15. The lowest BCUT2D eigenvalue weighted by atomic mass is 10.3. The second-order valence-electron chi connectivity index (χ2n) is 4.08. The minimum atomic E-state index is -3.26. The summed E-state index contributed by atoms with van der Waals surface area (Å²) < 4.78 is 31.0. The Kier molecular flexibility index (Phi) is 4.40. The number of morpholine rings is 1. The summed E-state index contributed by atoms with van der Waals surface area (Å²) >= 11 is 5.59. The number of ether oxygens (including phenoxy) is 1. The van der Waals surface area contributed by atoms with E-state index in [9.17, 15) is 8.42 Å². The van der Waals surface area contributed by atoms with Gasteiger partial charge in [-0.2, -0.15) is 4.31 Å². The second-order valence-corrected chi connectivity index (χ2v) is 6.74. The first kappa shape index (κ1) is 13.2. The molecule has 1 fully saturated rings. The zero-order valence-electron chi connectivity index (χ0n) is 9.31. The van der Waals surface area contributed by atoms with E-state index in [4.69, 9.17) is 16.3 Å². The van der Waals surface area contributed by atoms with Crippen molar-refractivity contribution in [3.8, 4) is 0 Å². The van der Waals surface area contributed by atoms with Gasteiger partial charge in [0.15, 0.2) is 0 Å². The van der Waals surface area contributed by atoms with Crippen molar-refractivity contribution in [2.24, 2.45) is 0 Å². The van der Waals surface area contributed by atoms with Gasteiger partial charge in [0.1, 0.15) is 0 Å². The molecular weight excluding hydrogens is 238 g/mol. The SMILES string of the molecule is CC(CCl)S(=O)(=O)N1C[C@@H](C)O[C@@H](C)C1. The van der Waals surface area contributed by atoms with Crippen LogP contribution < -0.4 is 0 Å². The van der Waals surface area contributed by atoms with Gasteiger partial charge in [-0.05, 0) is 20.8 Å². The topological polar surface area (TPSA) is 46.6 Å². The van der Waals surface area contributed by atoms with Gasteiger partial charge >= 0.3 is 0 Å². The standard InChI is InChI=1S/C9H18ClNO3S/c1-7-5-11(6-8(2)14-7)15(12,13)9(3)4-10/h7-9H,4-6H2,1-3H3/t7-,8+,9?. The van der Waals surface area contributed by atoms with Crippen LogP contribution in [-0.4, -0.2) is 49.2 Å². The highest BCUT2D eigenvalue weighted by Crippen LogP contribution is 2.18. The fourth-order valence-corrected chi connectivity index (χ4v) is 3.65. The molecule has 0 aromatic heterocycles. The molecule has 6 heteroatoms. The number of sulfonamides is 1. The van der Waals surface area contributed by atoms with Crippen LogP contribution in [0.5, 0.6) is 0 Å². The van der Waals surface area contributed by atoms with Crippen LogP contribution in [0.25, 0.3) is 0 Å². The molecule has 0 bridgehead atoms. The Hall–Kier alpha value is 0.160. The van der Waals surface area contributed by atoms with Crippen LogP contribution >= 0.6 is 11.6 Å². The van der Waals surface area contributed by atoms with Gasteiger partial charge < -0.3 is 4.74 Å². The maximum atomic E-state index is 12.0. The lowest BCUT2D eigenvalue weighted by Gasteiger charge is -2.35. The van der Waals surface area contributed by atoms with Crippen LogP contribution in [0.3, 0.4) is 0 Å². The predicted octanol–water partition coefficient (Wildman–Crippen LogP) is 1.05. The number of hydrogen-bond acceptors (Lipinski definition) is 3. The van der Waals surface area contributed by atoms with E-state index < -0.39 is 15.3 Å². The van der Waals surface area contributed by atoms with Crippen molar-refractivity contribution in [3.63, 3.8) is 0 Å². The minimum Gasteiger partial charge on any atom is -0.373 e. The Bertz CT molecular complexity index is 296. The average molecular weight is 256 g/mol. The smallest absolute Gasteiger partial charge is 0.218 e. The molecule has 3 atom stereocenters. The molecular formula is C9H18ClNO3S. The summed E-state index contributed by atoms with van der Waals surface area (Å²) in [5, 5.41) is -0.531. The quantitative estimate of drug-likeness (QED) is 0.709. The van der Waals surface area contributed by atoms with Crippen molar-refractivity contribution in [3.05, 3.63) is 0 Å². The highest BCUT2D eigenvalue weighted by atomic mass is 35.5. The van der Waals surface area contributed by atoms with E-state index in [0.29, 0.717) is 13.1 Å². The molecule has 1 heterocycles. The third kappa shape index (κ3) is 3.06. The van der Waals surface area contributed by atoms with Gasteiger partial charge in [-0.3, -0.25) is 0 Å². The molecule has 0 saturated carbocycles. The summed E-state index contributed by atoms with van der Waals surface area (Å²) in [7, 11) is -3.26. The summed E-state index contributed by atoms with van der Waals surface area (Å²) in [5.41, 5.74) is 0. The van der Waals surface area contributed by atoms with Crippen molar-refractivity contribution in [1.29, 1.82) is 0 Å². The first-order valence-electron chi connectivity index (χ1n) is 5.08. The first-order valence-corrected chi connectivity index (χ1v) is 7.12. The number of alkyl halides is 1. The Labute approximate surface area is 96.6 Å². The molecule has 0 aromatic rings. The maximum absolute atomic E-state index is 12.0. The fourth-order valence-electron chi connectivity index (χ4n) is 1.67. The normalized spacial score (nSPS) is 31.5. The summed E-state index contributed by atoms with van der Waals surface area (Å²) in [6.45, 7) is 6.24. The largest absolute Gasteiger partial charge is 0.373 e. The third-order valence-corrected chi connectivity index (χ3v) is 5.32. The molecule has 1 saturated heterocycles. The van der Waals surface area contributed by atoms with Gasteiger partial charge in [-0.25, -0.2) is 8.42 Å². The van der Waals surface area contributed by atoms with Crippen molar-refractivity contribution < 1.29 is 13.2 Å². The summed E-state index contributed by atoms with van der Waals surface area (Å²) in [5.74, 6) is 0.127. The molecule has 0 amide bonds. The fraction of sp³-hybridized carbons (Fsp3) is 1.00.